The number of rotatable bonds is 2. The number of aryl methyl sites for hydroxylation is 1. The first-order valence-electron chi connectivity index (χ1n) is 8.54. The Labute approximate surface area is 150 Å². The van der Waals surface area contributed by atoms with E-state index in [1.807, 2.05) is 7.05 Å². The largest absolute Gasteiger partial charge is 0.342 e. The summed E-state index contributed by atoms with van der Waals surface area (Å²) in [6.07, 6.45) is 6.22. The first kappa shape index (κ1) is 16.2. The van der Waals surface area contributed by atoms with Crippen LogP contribution in [0.2, 0.25) is 5.15 Å². The SMILES string of the molecule is CNC1CCN(C(=O)C2CCc3c(sc4ncnc(Cl)c34)C2)CC1. The number of hydrogen-bond acceptors (Lipinski definition) is 5. The van der Waals surface area contributed by atoms with E-state index in [-0.39, 0.29) is 5.92 Å². The number of piperidine rings is 1. The van der Waals surface area contributed by atoms with Crippen LogP contribution in [-0.4, -0.2) is 47.0 Å². The maximum atomic E-state index is 12.9. The van der Waals surface area contributed by atoms with Gasteiger partial charge in [0, 0.05) is 29.9 Å². The summed E-state index contributed by atoms with van der Waals surface area (Å²) >= 11 is 7.93. The molecule has 0 spiro atoms. The number of likely N-dealkylation sites (tertiary alicyclic amines) is 1. The zero-order valence-corrected chi connectivity index (χ0v) is 15.3. The van der Waals surface area contributed by atoms with E-state index < -0.39 is 0 Å². The highest BCUT2D eigenvalue weighted by Crippen LogP contribution is 2.40. The van der Waals surface area contributed by atoms with Crippen LogP contribution in [0.5, 0.6) is 0 Å². The fraction of sp³-hybridized carbons (Fsp3) is 0.588. The number of aromatic nitrogens is 2. The molecule has 1 atom stereocenters. The van der Waals surface area contributed by atoms with Crippen molar-refractivity contribution in [1.82, 2.24) is 20.2 Å². The summed E-state index contributed by atoms with van der Waals surface area (Å²) < 4.78 is 0. The summed E-state index contributed by atoms with van der Waals surface area (Å²) in [6, 6.07) is 0.551. The van der Waals surface area contributed by atoms with Crippen LogP contribution in [0.3, 0.4) is 0 Å². The molecule has 0 radical (unpaired) electrons. The van der Waals surface area contributed by atoms with Gasteiger partial charge in [-0.3, -0.25) is 4.79 Å². The van der Waals surface area contributed by atoms with E-state index >= 15 is 0 Å². The molecule has 1 fully saturated rings. The predicted octanol–water partition coefficient (Wildman–Crippen LogP) is 2.66. The Morgan fingerprint density at radius 3 is 2.88 bits per heavy atom. The lowest BCUT2D eigenvalue weighted by molar-refractivity contribution is -0.137. The summed E-state index contributed by atoms with van der Waals surface area (Å²) in [7, 11) is 2.00. The van der Waals surface area contributed by atoms with Crippen molar-refractivity contribution in [2.45, 2.75) is 38.1 Å². The highest BCUT2D eigenvalue weighted by atomic mass is 35.5. The number of carbonyl (C=O) groups excluding carboxylic acids is 1. The molecule has 4 rings (SSSR count). The van der Waals surface area contributed by atoms with Crippen LogP contribution in [0.15, 0.2) is 6.33 Å². The van der Waals surface area contributed by atoms with Crippen molar-refractivity contribution in [3.05, 3.63) is 21.9 Å². The number of carbonyl (C=O) groups is 1. The van der Waals surface area contributed by atoms with Gasteiger partial charge in [-0.25, -0.2) is 9.97 Å². The van der Waals surface area contributed by atoms with Crippen molar-refractivity contribution in [2.75, 3.05) is 20.1 Å². The van der Waals surface area contributed by atoms with Gasteiger partial charge in [-0.2, -0.15) is 0 Å². The number of fused-ring (bicyclic) bond motifs is 3. The molecule has 128 valence electrons. The first-order chi connectivity index (χ1) is 11.7. The second-order valence-electron chi connectivity index (χ2n) is 6.68. The smallest absolute Gasteiger partial charge is 0.226 e. The molecular formula is C17H21ClN4OS. The van der Waals surface area contributed by atoms with Gasteiger partial charge in [0.2, 0.25) is 5.91 Å². The van der Waals surface area contributed by atoms with E-state index in [0.717, 1.165) is 55.4 Å². The van der Waals surface area contributed by atoms with Gasteiger partial charge in [0.1, 0.15) is 16.3 Å². The Bertz CT molecular complexity index is 769. The van der Waals surface area contributed by atoms with Crippen LogP contribution >= 0.6 is 22.9 Å². The molecule has 24 heavy (non-hydrogen) atoms. The molecule has 7 heteroatoms. The summed E-state index contributed by atoms with van der Waals surface area (Å²) in [6.45, 7) is 1.74. The monoisotopic (exact) mass is 364 g/mol. The zero-order valence-electron chi connectivity index (χ0n) is 13.7. The molecular weight excluding hydrogens is 344 g/mol. The number of nitrogens with one attached hydrogen (secondary N) is 1. The quantitative estimate of drug-likeness (QED) is 0.832. The van der Waals surface area contributed by atoms with Gasteiger partial charge in [-0.05, 0) is 44.7 Å². The fourth-order valence-corrected chi connectivity index (χ4v) is 5.50. The van der Waals surface area contributed by atoms with E-state index in [9.17, 15) is 4.79 Å². The Morgan fingerprint density at radius 1 is 1.33 bits per heavy atom. The molecule has 1 N–H and O–H groups in total. The fourth-order valence-electron chi connectivity index (χ4n) is 3.93. The second kappa shape index (κ2) is 6.58. The van der Waals surface area contributed by atoms with Crippen molar-refractivity contribution in [3.8, 4) is 0 Å². The molecule has 1 unspecified atom stereocenters. The van der Waals surface area contributed by atoms with Gasteiger partial charge in [0.05, 0.1) is 5.39 Å². The molecule has 3 heterocycles. The maximum absolute atomic E-state index is 12.9. The first-order valence-corrected chi connectivity index (χ1v) is 9.73. The van der Waals surface area contributed by atoms with Crippen molar-refractivity contribution in [3.63, 3.8) is 0 Å². The Morgan fingerprint density at radius 2 is 2.12 bits per heavy atom. The number of nitrogens with zero attached hydrogens (tertiary/aromatic N) is 3. The zero-order chi connectivity index (χ0) is 16.7. The number of halogens is 1. The van der Waals surface area contributed by atoms with Crippen LogP contribution in [-0.2, 0) is 17.6 Å². The normalized spacial score (nSPS) is 21.9. The summed E-state index contributed by atoms with van der Waals surface area (Å²) in [4.78, 5) is 25.6. The highest BCUT2D eigenvalue weighted by molar-refractivity contribution is 7.19. The van der Waals surface area contributed by atoms with Crippen molar-refractivity contribution in [2.24, 2.45) is 5.92 Å². The van der Waals surface area contributed by atoms with E-state index in [0.29, 0.717) is 17.1 Å². The molecule has 2 aromatic rings. The second-order valence-corrected chi connectivity index (χ2v) is 8.12. The molecule has 0 saturated carbocycles. The standard InChI is InChI=1S/C17H21ClN4OS/c1-19-11-4-6-22(7-5-11)17(23)10-2-3-12-13(8-10)24-16-14(12)15(18)20-9-21-16/h9-11,19H,2-8H2,1H3. The molecule has 0 bridgehead atoms. The average Bonchev–Trinajstić information content (AvgIpc) is 3.00. The highest BCUT2D eigenvalue weighted by Gasteiger charge is 2.32. The number of hydrogen-bond donors (Lipinski definition) is 1. The van der Waals surface area contributed by atoms with Crippen LogP contribution in [0.4, 0.5) is 0 Å². The van der Waals surface area contributed by atoms with Gasteiger partial charge < -0.3 is 10.2 Å². The molecule has 0 aromatic carbocycles. The number of amides is 1. The minimum absolute atomic E-state index is 0.100. The molecule has 2 aromatic heterocycles. The number of thiophene rings is 1. The average molecular weight is 365 g/mol. The van der Waals surface area contributed by atoms with Crippen LogP contribution in [0.25, 0.3) is 10.2 Å². The Hall–Kier alpha value is -1.24. The lowest BCUT2D eigenvalue weighted by Crippen LogP contribution is -2.46. The minimum Gasteiger partial charge on any atom is -0.342 e. The van der Waals surface area contributed by atoms with Crippen LogP contribution in [0.1, 0.15) is 29.7 Å². The molecule has 1 amide bonds. The van der Waals surface area contributed by atoms with Gasteiger partial charge in [0.25, 0.3) is 0 Å². The third kappa shape index (κ3) is 2.80. The van der Waals surface area contributed by atoms with E-state index in [1.54, 1.807) is 11.3 Å². The molecule has 1 saturated heterocycles. The van der Waals surface area contributed by atoms with Crippen molar-refractivity contribution < 1.29 is 4.79 Å². The lowest BCUT2D eigenvalue weighted by Gasteiger charge is -2.35. The van der Waals surface area contributed by atoms with Crippen LogP contribution in [0, 0.1) is 5.92 Å². The van der Waals surface area contributed by atoms with Gasteiger partial charge in [-0.15, -0.1) is 11.3 Å². The van der Waals surface area contributed by atoms with E-state index in [2.05, 4.69) is 20.2 Å². The summed E-state index contributed by atoms with van der Waals surface area (Å²) in [5.74, 6) is 0.424. The van der Waals surface area contributed by atoms with E-state index in [1.165, 1.54) is 16.8 Å². The lowest BCUT2D eigenvalue weighted by atomic mass is 9.86. The third-order valence-electron chi connectivity index (χ3n) is 5.36. The van der Waals surface area contributed by atoms with E-state index in [4.69, 9.17) is 11.6 Å². The summed E-state index contributed by atoms with van der Waals surface area (Å²) in [5.41, 5.74) is 1.26. The predicted molar refractivity (Wildman–Crippen MR) is 96.6 cm³/mol. The van der Waals surface area contributed by atoms with Gasteiger partial charge in [-0.1, -0.05) is 11.6 Å². The topological polar surface area (TPSA) is 58.1 Å². The third-order valence-corrected chi connectivity index (χ3v) is 6.81. The molecule has 1 aliphatic carbocycles. The molecule has 1 aliphatic heterocycles. The maximum Gasteiger partial charge on any atom is 0.226 e. The Kier molecular flexibility index (Phi) is 4.45. The van der Waals surface area contributed by atoms with Crippen LogP contribution < -0.4 is 5.32 Å². The summed E-state index contributed by atoms with van der Waals surface area (Å²) in [5, 5.41) is 4.85. The molecule has 5 nitrogen and oxygen atoms in total. The Balaban J connectivity index is 1.51. The van der Waals surface area contributed by atoms with Gasteiger partial charge >= 0.3 is 0 Å². The molecule has 2 aliphatic rings. The van der Waals surface area contributed by atoms with Gasteiger partial charge in [0.15, 0.2) is 0 Å². The van der Waals surface area contributed by atoms with Crippen molar-refractivity contribution in [1.29, 1.82) is 0 Å². The van der Waals surface area contributed by atoms with Crippen molar-refractivity contribution >= 4 is 39.1 Å². The minimum atomic E-state index is 0.100.